The van der Waals surface area contributed by atoms with Gasteiger partial charge < -0.3 is 10.2 Å². The highest BCUT2D eigenvalue weighted by Gasteiger charge is 2.31. The van der Waals surface area contributed by atoms with Crippen LogP contribution in [0.4, 0.5) is 10.2 Å². The van der Waals surface area contributed by atoms with Crippen LogP contribution in [0.3, 0.4) is 0 Å². The van der Waals surface area contributed by atoms with Crippen molar-refractivity contribution in [1.82, 2.24) is 10.3 Å². The standard InChI is InChI=1S/C15H24FN3/c1-5-19(12-6-7-12)14-13(16)11(8-9-17-14)10-18-15(2,3)4/h8-9,12,18H,5-7,10H2,1-4H3. The zero-order valence-electron chi connectivity index (χ0n) is 12.3. The summed E-state index contributed by atoms with van der Waals surface area (Å²) in [6.07, 6.45) is 4.02. The third kappa shape index (κ3) is 3.66. The van der Waals surface area contributed by atoms with Gasteiger partial charge in [-0.05, 0) is 46.6 Å². The number of aromatic nitrogens is 1. The highest BCUT2D eigenvalue weighted by molar-refractivity contribution is 5.45. The van der Waals surface area contributed by atoms with E-state index in [0.717, 1.165) is 19.4 Å². The quantitative estimate of drug-likeness (QED) is 0.886. The van der Waals surface area contributed by atoms with E-state index in [9.17, 15) is 4.39 Å². The van der Waals surface area contributed by atoms with Crippen LogP contribution in [0.15, 0.2) is 12.3 Å². The lowest BCUT2D eigenvalue weighted by atomic mass is 10.1. The van der Waals surface area contributed by atoms with Gasteiger partial charge in [-0.3, -0.25) is 0 Å². The monoisotopic (exact) mass is 265 g/mol. The van der Waals surface area contributed by atoms with Gasteiger partial charge in [-0.2, -0.15) is 0 Å². The molecule has 1 aliphatic rings. The summed E-state index contributed by atoms with van der Waals surface area (Å²) in [5.41, 5.74) is 0.676. The average molecular weight is 265 g/mol. The Bertz CT molecular complexity index is 436. The lowest BCUT2D eigenvalue weighted by Gasteiger charge is -2.24. The van der Waals surface area contributed by atoms with E-state index >= 15 is 0 Å². The molecule has 106 valence electrons. The SMILES string of the molecule is CCN(c1nccc(CNC(C)(C)C)c1F)C1CC1. The van der Waals surface area contributed by atoms with E-state index in [1.807, 2.05) is 0 Å². The van der Waals surface area contributed by atoms with E-state index in [-0.39, 0.29) is 11.4 Å². The molecule has 19 heavy (non-hydrogen) atoms. The van der Waals surface area contributed by atoms with Gasteiger partial charge in [-0.1, -0.05) is 0 Å². The summed E-state index contributed by atoms with van der Waals surface area (Å²) in [5.74, 6) is 0.339. The summed E-state index contributed by atoms with van der Waals surface area (Å²) >= 11 is 0. The van der Waals surface area contributed by atoms with Crippen molar-refractivity contribution >= 4 is 5.82 Å². The molecule has 1 N–H and O–H groups in total. The van der Waals surface area contributed by atoms with Crippen LogP contribution in [0, 0.1) is 5.82 Å². The van der Waals surface area contributed by atoms with Gasteiger partial charge in [0.15, 0.2) is 11.6 Å². The van der Waals surface area contributed by atoms with Crippen LogP contribution in [-0.2, 0) is 6.54 Å². The maximum Gasteiger partial charge on any atom is 0.170 e. The molecule has 1 aromatic rings. The van der Waals surface area contributed by atoms with E-state index in [4.69, 9.17) is 0 Å². The molecular formula is C15H24FN3. The van der Waals surface area contributed by atoms with E-state index < -0.39 is 0 Å². The van der Waals surface area contributed by atoms with Crippen molar-refractivity contribution in [3.05, 3.63) is 23.6 Å². The molecule has 3 nitrogen and oxygen atoms in total. The Kier molecular flexibility index (Phi) is 4.09. The molecule has 0 aliphatic heterocycles. The summed E-state index contributed by atoms with van der Waals surface area (Å²) in [7, 11) is 0. The van der Waals surface area contributed by atoms with Crippen LogP contribution in [0.2, 0.25) is 0 Å². The van der Waals surface area contributed by atoms with Crippen molar-refractivity contribution in [3.63, 3.8) is 0 Å². The fourth-order valence-corrected chi connectivity index (χ4v) is 2.14. The van der Waals surface area contributed by atoms with Crippen molar-refractivity contribution in [2.24, 2.45) is 0 Å². The van der Waals surface area contributed by atoms with Gasteiger partial charge in [0.05, 0.1) is 0 Å². The van der Waals surface area contributed by atoms with E-state index in [1.165, 1.54) is 0 Å². The normalized spacial score (nSPS) is 15.6. The summed E-state index contributed by atoms with van der Waals surface area (Å²) in [6.45, 7) is 9.64. The third-order valence-corrected chi connectivity index (χ3v) is 3.36. The van der Waals surface area contributed by atoms with Gasteiger partial charge in [-0.25, -0.2) is 9.37 Å². The fraction of sp³-hybridized carbons (Fsp3) is 0.667. The highest BCUT2D eigenvalue weighted by Crippen LogP contribution is 2.32. The zero-order chi connectivity index (χ0) is 14.0. The Morgan fingerprint density at radius 2 is 2.11 bits per heavy atom. The number of halogens is 1. The minimum Gasteiger partial charge on any atom is -0.351 e. The summed E-state index contributed by atoms with van der Waals surface area (Å²) in [5, 5.41) is 3.32. The minimum atomic E-state index is -0.173. The van der Waals surface area contributed by atoms with Crippen molar-refractivity contribution in [3.8, 4) is 0 Å². The predicted molar refractivity (Wildman–Crippen MR) is 76.8 cm³/mol. The van der Waals surface area contributed by atoms with Gasteiger partial charge in [0, 0.05) is 36.4 Å². The number of nitrogens with one attached hydrogen (secondary N) is 1. The summed E-state index contributed by atoms with van der Waals surface area (Å²) in [4.78, 5) is 6.32. The van der Waals surface area contributed by atoms with Gasteiger partial charge in [-0.15, -0.1) is 0 Å². The summed E-state index contributed by atoms with van der Waals surface area (Å²) in [6, 6.07) is 2.25. The number of anilines is 1. The van der Waals surface area contributed by atoms with Gasteiger partial charge in [0.2, 0.25) is 0 Å². The molecule has 4 heteroatoms. The first kappa shape index (κ1) is 14.3. The van der Waals surface area contributed by atoms with Crippen LogP contribution in [-0.4, -0.2) is 23.1 Å². The molecule has 0 spiro atoms. The van der Waals surface area contributed by atoms with Crippen LogP contribution in [0.25, 0.3) is 0 Å². The lowest BCUT2D eigenvalue weighted by Crippen LogP contribution is -2.35. The topological polar surface area (TPSA) is 28.2 Å². The molecule has 0 bridgehead atoms. The van der Waals surface area contributed by atoms with Crippen molar-refractivity contribution in [1.29, 1.82) is 0 Å². The molecule has 1 aliphatic carbocycles. The first-order chi connectivity index (χ1) is 8.92. The first-order valence-electron chi connectivity index (χ1n) is 7.07. The van der Waals surface area contributed by atoms with Crippen molar-refractivity contribution < 1.29 is 4.39 Å². The molecule has 1 saturated carbocycles. The van der Waals surface area contributed by atoms with Crippen LogP contribution in [0.1, 0.15) is 46.1 Å². The molecule has 1 aromatic heterocycles. The zero-order valence-corrected chi connectivity index (χ0v) is 12.3. The molecule has 0 amide bonds. The minimum absolute atomic E-state index is 0.0171. The Labute approximate surface area is 115 Å². The van der Waals surface area contributed by atoms with E-state index in [2.05, 4.69) is 42.9 Å². The van der Waals surface area contributed by atoms with Crippen molar-refractivity contribution in [2.75, 3.05) is 11.4 Å². The van der Waals surface area contributed by atoms with Gasteiger partial charge in [0.25, 0.3) is 0 Å². The van der Waals surface area contributed by atoms with Crippen LogP contribution < -0.4 is 10.2 Å². The Morgan fingerprint density at radius 3 is 2.63 bits per heavy atom. The predicted octanol–water partition coefficient (Wildman–Crippen LogP) is 3.10. The molecule has 0 radical (unpaired) electrons. The average Bonchev–Trinajstić information content (AvgIpc) is 3.14. The smallest absolute Gasteiger partial charge is 0.170 e. The second kappa shape index (κ2) is 5.45. The highest BCUT2D eigenvalue weighted by atomic mass is 19.1. The molecule has 1 heterocycles. The molecule has 0 saturated heterocycles. The number of hydrogen-bond donors (Lipinski definition) is 1. The molecular weight excluding hydrogens is 241 g/mol. The third-order valence-electron chi connectivity index (χ3n) is 3.36. The van der Waals surface area contributed by atoms with Crippen LogP contribution >= 0.6 is 0 Å². The van der Waals surface area contributed by atoms with Gasteiger partial charge >= 0.3 is 0 Å². The number of nitrogens with zero attached hydrogens (tertiary/aromatic N) is 2. The van der Waals surface area contributed by atoms with Crippen LogP contribution in [0.5, 0.6) is 0 Å². The Morgan fingerprint density at radius 1 is 1.42 bits per heavy atom. The maximum atomic E-state index is 14.5. The second-order valence-electron chi connectivity index (χ2n) is 6.23. The number of hydrogen-bond acceptors (Lipinski definition) is 3. The first-order valence-corrected chi connectivity index (χ1v) is 7.07. The Hall–Kier alpha value is -1.16. The largest absolute Gasteiger partial charge is 0.351 e. The summed E-state index contributed by atoms with van der Waals surface area (Å²) < 4.78 is 14.5. The van der Waals surface area contributed by atoms with E-state index in [1.54, 1.807) is 12.3 Å². The molecule has 0 atom stereocenters. The lowest BCUT2D eigenvalue weighted by molar-refractivity contribution is 0.418. The fourth-order valence-electron chi connectivity index (χ4n) is 2.14. The van der Waals surface area contributed by atoms with Crippen molar-refractivity contribution in [2.45, 2.75) is 58.7 Å². The Balaban J connectivity index is 2.17. The molecule has 2 rings (SSSR count). The molecule has 0 aromatic carbocycles. The van der Waals surface area contributed by atoms with E-state index in [0.29, 0.717) is 24.0 Å². The second-order valence-corrected chi connectivity index (χ2v) is 6.23. The molecule has 0 unspecified atom stereocenters. The number of pyridine rings is 1. The number of rotatable bonds is 5. The maximum absolute atomic E-state index is 14.5. The molecule has 1 fully saturated rings. The van der Waals surface area contributed by atoms with Gasteiger partial charge in [0.1, 0.15) is 0 Å².